The molecule has 5 N–H and O–H groups in total. The standard InChI is InChI=1S/C30H39N3O4S/c1-22(2)26(21-38(36,37)32-20-25-16-10-5-11-17-25)30(35)33-28(19-24-14-8-4-9-15-24)29(34)27(31)18-23-12-6-3-7-13-23/h3-17,22,26-29,32,34H,18-21,31H2,1-2H3,(H,33,35). The van der Waals surface area contributed by atoms with E-state index in [2.05, 4.69) is 10.0 Å². The molecule has 0 aromatic heterocycles. The number of hydrogen-bond donors (Lipinski definition) is 4. The summed E-state index contributed by atoms with van der Waals surface area (Å²) < 4.78 is 28.4. The van der Waals surface area contributed by atoms with Gasteiger partial charge in [-0.3, -0.25) is 4.79 Å². The van der Waals surface area contributed by atoms with Gasteiger partial charge in [0.15, 0.2) is 0 Å². The van der Waals surface area contributed by atoms with Crippen molar-refractivity contribution < 1.29 is 18.3 Å². The molecular weight excluding hydrogens is 498 g/mol. The average molecular weight is 538 g/mol. The number of aliphatic hydroxyl groups excluding tert-OH is 1. The third-order valence-corrected chi connectivity index (χ3v) is 8.05. The van der Waals surface area contributed by atoms with Gasteiger partial charge in [-0.05, 0) is 35.4 Å². The van der Waals surface area contributed by atoms with Gasteiger partial charge in [0.25, 0.3) is 0 Å². The number of nitrogens with one attached hydrogen (secondary N) is 2. The third kappa shape index (κ3) is 9.36. The van der Waals surface area contributed by atoms with Gasteiger partial charge in [0.2, 0.25) is 15.9 Å². The number of amides is 1. The smallest absolute Gasteiger partial charge is 0.224 e. The zero-order valence-corrected chi connectivity index (χ0v) is 22.8. The summed E-state index contributed by atoms with van der Waals surface area (Å²) in [4.78, 5) is 13.5. The van der Waals surface area contributed by atoms with Crippen molar-refractivity contribution in [2.24, 2.45) is 17.6 Å². The van der Waals surface area contributed by atoms with E-state index in [1.54, 1.807) is 0 Å². The SMILES string of the molecule is CC(C)C(CS(=O)(=O)NCc1ccccc1)C(=O)NC(Cc1ccccc1)C(O)C(N)Cc1ccccc1. The first kappa shape index (κ1) is 29.5. The second-order valence-electron chi connectivity index (χ2n) is 10.1. The summed E-state index contributed by atoms with van der Waals surface area (Å²) in [5.74, 6) is -1.82. The Morgan fingerprint density at radius 2 is 1.29 bits per heavy atom. The van der Waals surface area contributed by atoms with Crippen LogP contribution in [-0.4, -0.2) is 43.4 Å². The van der Waals surface area contributed by atoms with Gasteiger partial charge >= 0.3 is 0 Å². The van der Waals surface area contributed by atoms with Crippen LogP contribution in [0.15, 0.2) is 91.0 Å². The zero-order chi connectivity index (χ0) is 27.5. The second-order valence-corrected chi connectivity index (χ2v) is 11.9. The van der Waals surface area contributed by atoms with Crippen molar-refractivity contribution in [2.45, 2.75) is 51.4 Å². The Morgan fingerprint density at radius 3 is 1.79 bits per heavy atom. The minimum absolute atomic E-state index is 0.152. The summed E-state index contributed by atoms with van der Waals surface area (Å²) >= 11 is 0. The van der Waals surface area contributed by atoms with Gasteiger partial charge in [-0.25, -0.2) is 13.1 Å². The van der Waals surface area contributed by atoms with Crippen molar-refractivity contribution in [3.8, 4) is 0 Å². The monoisotopic (exact) mass is 537 g/mol. The quantitative estimate of drug-likeness (QED) is 0.252. The number of sulfonamides is 1. The fourth-order valence-electron chi connectivity index (χ4n) is 4.38. The van der Waals surface area contributed by atoms with E-state index >= 15 is 0 Å². The van der Waals surface area contributed by atoms with Crippen LogP contribution in [0.4, 0.5) is 0 Å². The molecule has 0 saturated carbocycles. The molecule has 38 heavy (non-hydrogen) atoms. The third-order valence-electron chi connectivity index (χ3n) is 6.67. The molecule has 3 aromatic carbocycles. The highest BCUT2D eigenvalue weighted by molar-refractivity contribution is 7.89. The summed E-state index contributed by atoms with van der Waals surface area (Å²) in [6.07, 6.45) is -0.241. The Bertz CT molecular complexity index is 1220. The van der Waals surface area contributed by atoms with E-state index in [0.29, 0.717) is 12.8 Å². The van der Waals surface area contributed by atoms with E-state index in [0.717, 1.165) is 16.7 Å². The molecule has 1 amide bonds. The van der Waals surface area contributed by atoms with Crippen LogP contribution < -0.4 is 15.8 Å². The maximum Gasteiger partial charge on any atom is 0.224 e. The van der Waals surface area contributed by atoms with Crippen molar-refractivity contribution in [3.63, 3.8) is 0 Å². The summed E-state index contributed by atoms with van der Waals surface area (Å²) in [5.41, 5.74) is 9.16. The summed E-state index contributed by atoms with van der Waals surface area (Å²) in [5, 5.41) is 14.2. The summed E-state index contributed by atoms with van der Waals surface area (Å²) in [6.45, 7) is 3.79. The van der Waals surface area contributed by atoms with Crippen LogP contribution in [0, 0.1) is 11.8 Å². The van der Waals surface area contributed by atoms with Crippen molar-refractivity contribution in [3.05, 3.63) is 108 Å². The minimum atomic E-state index is -3.74. The van der Waals surface area contributed by atoms with E-state index < -0.39 is 40.0 Å². The lowest BCUT2D eigenvalue weighted by Gasteiger charge is -2.31. The van der Waals surface area contributed by atoms with Crippen LogP contribution in [0.2, 0.25) is 0 Å². The minimum Gasteiger partial charge on any atom is -0.389 e. The number of hydrogen-bond acceptors (Lipinski definition) is 5. The molecule has 0 bridgehead atoms. The predicted molar refractivity (Wildman–Crippen MR) is 152 cm³/mol. The highest BCUT2D eigenvalue weighted by Gasteiger charge is 2.33. The first-order chi connectivity index (χ1) is 18.1. The van der Waals surface area contributed by atoms with Gasteiger partial charge in [-0.15, -0.1) is 0 Å². The van der Waals surface area contributed by atoms with Gasteiger partial charge in [0, 0.05) is 12.6 Å². The summed E-state index contributed by atoms with van der Waals surface area (Å²) in [6, 6.07) is 27.1. The maximum absolute atomic E-state index is 13.5. The molecule has 0 heterocycles. The summed E-state index contributed by atoms with van der Waals surface area (Å²) in [7, 11) is -3.74. The normalized spacial score (nSPS) is 15.0. The molecule has 0 aliphatic heterocycles. The highest BCUT2D eigenvalue weighted by atomic mass is 32.2. The Balaban J connectivity index is 1.73. The van der Waals surface area contributed by atoms with Crippen molar-refractivity contribution in [1.82, 2.24) is 10.0 Å². The molecule has 3 rings (SSSR count). The molecular formula is C30H39N3O4S. The van der Waals surface area contributed by atoms with E-state index in [4.69, 9.17) is 5.73 Å². The zero-order valence-electron chi connectivity index (χ0n) is 22.0. The number of carbonyl (C=O) groups is 1. The lowest BCUT2D eigenvalue weighted by atomic mass is 9.91. The molecule has 0 spiro atoms. The molecule has 0 saturated heterocycles. The lowest BCUT2D eigenvalue weighted by molar-refractivity contribution is -0.127. The van der Waals surface area contributed by atoms with Gasteiger partial charge in [-0.1, -0.05) is 105 Å². The lowest BCUT2D eigenvalue weighted by Crippen LogP contribution is -2.55. The molecule has 0 fully saturated rings. The van der Waals surface area contributed by atoms with Crippen LogP contribution in [0.3, 0.4) is 0 Å². The molecule has 0 radical (unpaired) electrons. The number of aliphatic hydroxyl groups is 1. The molecule has 204 valence electrons. The van der Waals surface area contributed by atoms with E-state index in [-0.39, 0.29) is 18.2 Å². The predicted octanol–water partition coefficient (Wildman–Crippen LogP) is 3.04. The average Bonchev–Trinajstić information content (AvgIpc) is 2.91. The molecule has 4 unspecified atom stereocenters. The fourth-order valence-corrected chi connectivity index (χ4v) is 5.89. The second kappa shape index (κ2) is 14.2. The molecule has 0 aliphatic rings. The van der Waals surface area contributed by atoms with Crippen LogP contribution in [-0.2, 0) is 34.2 Å². The number of carbonyl (C=O) groups excluding carboxylic acids is 1. The number of nitrogens with two attached hydrogens (primary N) is 1. The number of rotatable bonds is 14. The first-order valence-corrected chi connectivity index (χ1v) is 14.6. The molecule has 4 atom stereocenters. The fraction of sp³-hybridized carbons (Fsp3) is 0.367. The van der Waals surface area contributed by atoms with Gasteiger partial charge < -0.3 is 16.2 Å². The topological polar surface area (TPSA) is 122 Å². The van der Waals surface area contributed by atoms with Crippen molar-refractivity contribution in [2.75, 3.05) is 5.75 Å². The van der Waals surface area contributed by atoms with Crippen LogP contribution in [0.1, 0.15) is 30.5 Å². The van der Waals surface area contributed by atoms with E-state index in [9.17, 15) is 18.3 Å². The Kier molecular flexibility index (Phi) is 11.0. The van der Waals surface area contributed by atoms with Gasteiger partial charge in [0.05, 0.1) is 23.8 Å². The van der Waals surface area contributed by atoms with Gasteiger partial charge in [-0.2, -0.15) is 0 Å². The molecule has 7 nitrogen and oxygen atoms in total. The van der Waals surface area contributed by atoms with Crippen molar-refractivity contribution >= 4 is 15.9 Å². The first-order valence-electron chi connectivity index (χ1n) is 13.0. The van der Waals surface area contributed by atoms with E-state index in [1.165, 1.54) is 0 Å². The van der Waals surface area contributed by atoms with E-state index in [1.807, 2.05) is 105 Å². The van der Waals surface area contributed by atoms with Crippen LogP contribution in [0.5, 0.6) is 0 Å². The number of benzene rings is 3. The largest absolute Gasteiger partial charge is 0.389 e. The van der Waals surface area contributed by atoms with Crippen LogP contribution in [0.25, 0.3) is 0 Å². The Morgan fingerprint density at radius 1 is 0.816 bits per heavy atom. The van der Waals surface area contributed by atoms with Crippen LogP contribution >= 0.6 is 0 Å². The van der Waals surface area contributed by atoms with Gasteiger partial charge in [0.1, 0.15) is 0 Å². The Labute approximate surface area is 226 Å². The molecule has 8 heteroatoms. The molecule has 3 aromatic rings. The molecule has 0 aliphatic carbocycles. The maximum atomic E-state index is 13.5. The highest BCUT2D eigenvalue weighted by Crippen LogP contribution is 2.17. The Hall–Kier alpha value is -3.04. The van der Waals surface area contributed by atoms with Crippen molar-refractivity contribution in [1.29, 1.82) is 0 Å².